The summed E-state index contributed by atoms with van der Waals surface area (Å²) in [4.78, 5) is 28.9. The van der Waals surface area contributed by atoms with E-state index in [9.17, 15) is 9.59 Å². The van der Waals surface area contributed by atoms with Gasteiger partial charge in [-0.3, -0.25) is 4.79 Å². The van der Waals surface area contributed by atoms with Crippen molar-refractivity contribution in [3.8, 4) is 11.5 Å². The van der Waals surface area contributed by atoms with Gasteiger partial charge >= 0.3 is 6.03 Å². The number of hydrogen-bond acceptors (Lipinski definition) is 4. The van der Waals surface area contributed by atoms with Crippen LogP contribution in [-0.2, 0) is 11.2 Å². The van der Waals surface area contributed by atoms with Crippen molar-refractivity contribution in [2.75, 3.05) is 38.1 Å². The van der Waals surface area contributed by atoms with Crippen molar-refractivity contribution < 1.29 is 19.1 Å². The number of ether oxygens (including phenoxy) is 2. The molecule has 4 rings (SSSR count). The predicted octanol–water partition coefficient (Wildman–Crippen LogP) is 2.77. The smallest absolute Gasteiger partial charge is 0.321 e. The van der Waals surface area contributed by atoms with Crippen molar-refractivity contribution in [3.63, 3.8) is 0 Å². The SMILES string of the molecule is CCc1ccccc1NC(=O)N1CCN(C(=O)C2COc3ccccc3O2)CC1. The van der Waals surface area contributed by atoms with Gasteiger partial charge in [0.15, 0.2) is 11.5 Å². The molecular formula is C22H25N3O4. The normalized spacial score (nSPS) is 18.3. The zero-order valence-corrected chi connectivity index (χ0v) is 16.5. The maximum absolute atomic E-state index is 12.8. The Bertz CT molecular complexity index is 893. The quantitative estimate of drug-likeness (QED) is 0.868. The fraction of sp³-hybridized carbons (Fsp3) is 0.364. The van der Waals surface area contributed by atoms with Crippen LogP contribution in [0.25, 0.3) is 0 Å². The third kappa shape index (κ3) is 4.13. The van der Waals surface area contributed by atoms with Crippen LogP contribution in [0.2, 0.25) is 0 Å². The van der Waals surface area contributed by atoms with Crippen molar-refractivity contribution in [1.82, 2.24) is 9.80 Å². The van der Waals surface area contributed by atoms with Gasteiger partial charge < -0.3 is 24.6 Å². The fourth-order valence-electron chi connectivity index (χ4n) is 3.62. The van der Waals surface area contributed by atoms with Crippen molar-refractivity contribution in [2.45, 2.75) is 19.4 Å². The first kappa shape index (κ1) is 19.1. The van der Waals surface area contributed by atoms with Crippen LogP contribution in [-0.4, -0.2) is 60.6 Å². The number of nitrogens with one attached hydrogen (secondary N) is 1. The van der Waals surface area contributed by atoms with Gasteiger partial charge in [-0.1, -0.05) is 37.3 Å². The maximum Gasteiger partial charge on any atom is 0.321 e. The maximum atomic E-state index is 12.8. The Morgan fingerprint density at radius 1 is 0.966 bits per heavy atom. The topological polar surface area (TPSA) is 71.1 Å². The number of nitrogens with zero attached hydrogens (tertiary/aromatic N) is 2. The minimum Gasteiger partial charge on any atom is -0.485 e. The van der Waals surface area contributed by atoms with Crippen LogP contribution in [0.5, 0.6) is 11.5 Å². The lowest BCUT2D eigenvalue weighted by atomic mass is 10.1. The molecule has 1 atom stereocenters. The molecule has 0 aliphatic carbocycles. The highest BCUT2D eigenvalue weighted by Gasteiger charge is 2.33. The molecule has 1 saturated heterocycles. The number of fused-ring (bicyclic) bond motifs is 1. The summed E-state index contributed by atoms with van der Waals surface area (Å²) in [5.41, 5.74) is 1.94. The van der Waals surface area contributed by atoms with E-state index in [1.54, 1.807) is 15.9 Å². The van der Waals surface area contributed by atoms with Crippen molar-refractivity contribution >= 4 is 17.6 Å². The van der Waals surface area contributed by atoms with Gasteiger partial charge in [0, 0.05) is 31.9 Å². The largest absolute Gasteiger partial charge is 0.485 e. The molecule has 29 heavy (non-hydrogen) atoms. The molecule has 2 heterocycles. The van der Waals surface area contributed by atoms with Gasteiger partial charge in [0.25, 0.3) is 5.91 Å². The van der Waals surface area contributed by atoms with Gasteiger partial charge in [-0.2, -0.15) is 0 Å². The second kappa shape index (κ2) is 8.43. The average molecular weight is 395 g/mol. The Hall–Kier alpha value is -3.22. The summed E-state index contributed by atoms with van der Waals surface area (Å²) in [5.74, 6) is 1.14. The van der Waals surface area contributed by atoms with E-state index >= 15 is 0 Å². The molecule has 0 bridgehead atoms. The summed E-state index contributed by atoms with van der Waals surface area (Å²) < 4.78 is 11.5. The molecule has 0 spiro atoms. The second-order valence-corrected chi connectivity index (χ2v) is 7.12. The molecule has 2 aliphatic rings. The van der Waals surface area contributed by atoms with Gasteiger partial charge in [-0.25, -0.2) is 4.79 Å². The number of amides is 3. The minimum atomic E-state index is -0.651. The summed E-state index contributed by atoms with van der Waals surface area (Å²) in [6.45, 7) is 4.17. The molecule has 0 radical (unpaired) electrons. The Balaban J connectivity index is 1.31. The van der Waals surface area contributed by atoms with E-state index in [2.05, 4.69) is 12.2 Å². The minimum absolute atomic E-state index is 0.101. The Kier molecular flexibility index (Phi) is 5.55. The molecular weight excluding hydrogens is 370 g/mol. The average Bonchev–Trinajstić information content (AvgIpc) is 2.78. The predicted molar refractivity (Wildman–Crippen MR) is 109 cm³/mol. The number of anilines is 1. The Labute approximate surface area is 170 Å². The molecule has 1 N–H and O–H groups in total. The number of piperazine rings is 1. The first-order valence-corrected chi connectivity index (χ1v) is 9.97. The van der Waals surface area contributed by atoms with Crippen LogP contribution in [0.1, 0.15) is 12.5 Å². The number of urea groups is 1. The first-order valence-electron chi connectivity index (χ1n) is 9.97. The van der Waals surface area contributed by atoms with E-state index in [1.165, 1.54) is 0 Å². The van der Waals surface area contributed by atoms with Gasteiger partial charge in [-0.15, -0.1) is 0 Å². The van der Waals surface area contributed by atoms with Crippen LogP contribution in [0.4, 0.5) is 10.5 Å². The molecule has 2 aromatic carbocycles. The molecule has 1 unspecified atom stereocenters. The standard InChI is InChI=1S/C22H25N3O4/c1-2-16-7-3-4-8-17(16)23-22(27)25-13-11-24(12-14-25)21(26)20-15-28-18-9-5-6-10-19(18)29-20/h3-10,20H,2,11-15H2,1H3,(H,23,27). The second-order valence-electron chi connectivity index (χ2n) is 7.12. The van der Waals surface area contributed by atoms with Crippen LogP contribution >= 0.6 is 0 Å². The number of benzene rings is 2. The Morgan fingerprint density at radius 2 is 1.62 bits per heavy atom. The third-order valence-electron chi connectivity index (χ3n) is 5.30. The van der Waals surface area contributed by atoms with Gasteiger partial charge in [-0.05, 0) is 30.2 Å². The van der Waals surface area contributed by atoms with Crippen LogP contribution in [0, 0.1) is 0 Å². The molecule has 2 aromatic rings. The number of carbonyl (C=O) groups excluding carboxylic acids is 2. The summed E-state index contributed by atoms with van der Waals surface area (Å²) >= 11 is 0. The Morgan fingerprint density at radius 3 is 2.38 bits per heavy atom. The molecule has 1 fully saturated rings. The summed E-state index contributed by atoms with van der Waals surface area (Å²) in [5, 5.41) is 2.99. The molecule has 7 heteroatoms. The van der Waals surface area contributed by atoms with E-state index < -0.39 is 6.10 Å². The van der Waals surface area contributed by atoms with E-state index in [0.717, 1.165) is 17.7 Å². The summed E-state index contributed by atoms with van der Waals surface area (Å²) in [6, 6.07) is 15.0. The fourth-order valence-corrected chi connectivity index (χ4v) is 3.62. The highest BCUT2D eigenvalue weighted by Crippen LogP contribution is 2.31. The molecule has 2 aliphatic heterocycles. The zero-order valence-electron chi connectivity index (χ0n) is 16.5. The van der Waals surface area contributed by atoms with Gasteiger partial charge in [0.2, 0.25) is 6.10 Å². The monoisotopic (exact) mass is 395 g/mol. The first-order chi connectivity index (χ1) is 14.2. The zero-order chi connectivity index (χ0) is 20.2. The highest BCUT2D eigenvalue weighted by molar-refractivity contribution is 5.90. The van der Waals surface area contributed by atoms with Crippen molar-refractivity contribution in [1.29, 1.82) is 0 Å². The van der Waals surface area contributed by atoms with Gasteiger partial charge in [0.05, 0.1) is 0 Å². The van der Waals surface area contributed by atoms with E-state index in [0.29, 0.717) is 37.7 Å². The molecule has 0 saturated carbocycles. The molecule has 3 amide bonds. The van der Waals surface area contributed by atoms with Crippen molar-refractivity contribution in [2.24, 2.45) is 0 Å². The molecule has 152 valence electrons. The van der Waals surface area contributed by atoms with Crippen LogP contribution < -0.4 is 14.8 Å². The summed E-state index contributed by atoms with van der Waals surface area (Å²) in [6.07, 6.45) is 0.201. The summed E-state index contributed by atoms with van der Waals surface area (Å²) in [7, 11) is 0. The van der Waals surface area contributed by atoms with Crippen molar-refractivity contribution in [3.05, 3.63) is 54.1 Å². The third-order valence-corrected chi connectivity index (χ3v) is 5.30. The van der Waals surface area contributed by atoms with Crippen LogP contribution in [0.3, 0.4) is 0 Å². The molecule has 0 aromatic heterocycles. The highest BCUT2D eigenvalue weighted by atomic mass is 16.6. The van der Waals surface area contributed by atoms with E-state index in [4.69, 9.17) is 9.47 Å². The lowest BCUT2D eigenvalue weighted by Crippen LogP contribution is -2.55. The lowest BCUT2D eigenvalue weighted by Gasteiger charge is -2.37. The number of carbonyl (C=O) groups is 2. The molecule has 7 nitrogen and oxygen atoms in total. The number of aryl methyl sites for hydroxylation is 1. The lowest BCUT2D eigenvalue weighted by molar-refractivity contribution is -0.142. The van der Waals surface area contributed by atoms with Gasteiger partial charge in [0.1, 0.15) is 6.61 Å². The number of para-hydroxylation sites is 3. The number of hydrogen-bond donors (Lipinski definition) is 1. The van der Waals surface area contributed by atoms with E-state index in [1.807, 2.05) is 42.5 Å². The number of rotatable bonds is 3. The van der Waals surface area contributed by atoms with E-state index in [-0.39, 0.29) is 18.5 Å². The van der Waals surface area contributed by atoms with Crippen LogP contribution in [0.15, 0.2) is 48.5 Å².